The van der Waals surface area contributed by atoms with Crippen LogP contribution < -0.4 is 5.32 Å². The molecule has 0 aromatic heterocycles. The van der Waals surface area contributed by atoms with E-state index in [4.69, 9.17) is 4.74 Å². The Kier molecular flexibility index (Phi) is 2.49. The first kappa shape index (κ1) is 9.83. The highest BCUT2D eigenvalue weighted by Gasteiger charge is 2.26. The van der Waals surface area contributed by atoms with Gasteiger partial charge in [0, 0.05) is 12.4 Å². The third kappa shape index (κ3) is 1.88. The highest BCUT2D eigenvalue weighted by atomic mass is 16.5. The first-order chi connectivity index (χ1) is 7.20. The van der Waals surface area contributed by atoms with Gasteiger partial charge in [-0.25, -0.2) is 4.79 Å². The molecule has 0 fully saturated rings. The van der Waals surface area contributed by atoms with Crippen LogP contribution >= 0.6 is 0 Å². The van der Waals surface area contributed by atoms with E-state index in [9.17, 15) is 4.79 Å². The molecule has 4 nitrogen and oxygen atoms in total. The zero-order chi connectivity index (χ0) is 10.8. The zero-order valence-corrected chi connectivity index (χ0v) is 8.86. The van der Waals surface area contributed by atoms with Crippen LogP contribution in [0.15, 0.2) is 35.8 Å². The summed E-state index contributed by atoms with van der Waals surface area (Å²) in [4.78, 5) is 13.4. The molecule has 2 rings (SSSR count). The highest BCUT2D eigenvalue weighted by Crippen LogP contribution is 2.19. The normalized spacial score (nSPS) is 22.8. The molecule has 0 saturated carbocycles. The maximum atomic E-state index is 11.4. The number of allylic oxidation sites excluding steroid dienone is 2. The predicted octanol–water partition coefficient (Wildman–Crippen LogP) is 1.10. The lowest BCUT2D eigenvalue weighted by Crippen LogP contribution is -2.34. The van der Waals surface area contributed by atoms with Crippen LogP contribution in [0.2, 0.25) is 0 Å². The molecular formula is C11H14N2O2. The molecule has 0 aromatic rings. The number of ether oxygens (including phenoxy) is 1. The number of fused-ring (bicyclic) bond motifs is 1. The van der Waals surface area contributed by atoms with Gasteiger partial charge in [-0.05, 0) is 25.5 Å². The molecule has 0 bridgehead atoms. The minimum Gasteiger partial charge on any atom is -0.461 e. The number of nitrogens with zero attached hydrogens (tertiary/aromatic N) is 1. The van der Waals surface area contributed by atoms with Gasteiger partial charge >= 0.3 is 5.97 Å². The Balaban J connectivity index is 2.11. The molecule has 1 atom stereocenters. The van der Waals surface area contributed by atoms with Gasteiger partial charge in [0.1, 0.15) is 11.9 Å². The SMILES string of the molecule is CCOC(=O)C1=CN2C=C(C)C=CC2N1. The van der Waals surface area contributed by atoms with Crippen LogP contribution in [0.5, 0.6) is 0 Å². The van der Waals surface area contributed by atoms with Crippen molar-refractivity contribution in [2.75, 3.05) is 6.61 Å². The number of carbonyl (C=O) groups is 1. The summed E-state index contributed by atoms with van der Waals surface area (Å²) in [6, 6.07) is 0. The Hall–Kier alpha value is -1.71. The number of nitrogens with one attached hydrogen (secondary N) is 1. The van der Waals surface area contributed by atoms with E-state index in [1.54, 1.807) is 13.1 Å². The van der Waals surface area contributed by atoms with Gasteiger partial charge in [0.05, 0.1) is 6.61 Å². The molecule has 0 saturated heterocycles. The Bertz CT molecular complexity index is 369. The van der Waals surface area contributed by atoms with Crippen molar-refractivity contribution in [3.8, 4) is 0 Å². The van der Waals surface area contributed by atoms with Crippen molar-refractivity contribution in [2.45, 2.75) is 20.0 Å². The largest absolute Gasteiger partial charge is 0.461 e. The summed E-state index contributed by atoms with van der Waals surface area (Å²) in [6.45, 7) is 4.21. The van der Waals surface area contributed by atoms with Gasteiger partial charge in [0.2, 0.25) is 0 Å². The number of carbonyl (C=O) groups excluding carboxylic acids is 1. The molecule has 0 radical (unpaired) electrons. The molecule has 1 unspecified atom stereocenters. The first-order valence-corrected chi connectivity index (χ1v) is 5.00. The van der Waals surface area contributed by atoms with E-state index in [2.05, 4.69) is 5.32 Å². The molecule has 0 amide bonds. The van der Waals surface area contributed by atoms with Gasteiger partial charge in [0.15, 0.2) is 0 Å². The zero-order valence-electron chi connectivity index (χ0n) is 8.86. The fraction of sp³-hybridized carbons (Fsp3) is 0.364. The fourth-order valence-corrected chi connectivity index (χ4v) is 1.61. The number of esters is 1. The lowest BCUT2D eigenvalue weighted by atomic mass is 10.2. The second-order valence-electron chi connectivity index (χ2n) is 3.53. The monoisotopic (exact) mass is 206 g/mol. The van der Waals surface area contributed by atoms with E-state index in [1.165, 1.54) is 0 Å². The predicted molar refractivity (Wildman–Crippen MR) is 56.4 cm³/mol. The van der Waals surface area contributed by atoms with Crippen molar-refractivity contribution in [1.29, 1.82) is 0 Å². The molecule has 2 aliphatic rings. The topological polar surface area (TPSA) is 41.6 Å². The summed E-state index contributed by atoms with van der Waals surface area (Å²) in [5.74, 6) is -0.300. The van der Waals surface area contributed by atoms with Crippen LogP contribution in [-0.4, -0.2) is 23.6 Å². The van der Waals surface area contributed by atoms with E-state index in [0.717, 1.165) is 5.57 Å². The molecule has 4 heteroatoms. The summed E-state index contributed by atoms with van der Waals surface area (Å²) < 4.78 is 4.92. The quantitative estimate of drug-likeness (QED) is 0.687. The standard InChI is InChI=1S/C11H14N2O2/c1-3-15-11(14)9-7-13-6-8(2)4-5-10(13)12-9/h4-7,10,12H,3H2,1-2H3. The van der Waals surface area contributed by atoms with E-state index in [0.29, 0.717) is 12.3 Å². The molecular weight excluding hydrogens is 192 g/mol. The smallest absolute Gasteiger partial charge is 0.355 e. The third-order valence-corrected chi connectivity index (χ3v) is 2.29. The van der Waals surface area contributed by atoms with Gasteiger partial charge in [0.25, 0.3) is 0 Å². The minimum atomic E-state index is -0.300. The van der Waals surface area contributed by atoms with E-state index in [1.807, 2.05) is 30.2 Å². The number of rotatable bonds is 2. The van der Waals surface area contributed by atoms with Crippen LogP contribution in [0.4, 0.5) is 0 Å². The van der Waals surface area contributed by atoms with Crippen molar-refractivity contribution < 1.29 is 9.53 Å². The summed E-state index contributed by atoms with van der Waals surface area (Å²) in [5, 5.41) is 3.08. The first-order valence-electron chi connectivity index (χ1n) is 5.00. The molecule has 15 heavy (non-hydrogen) atoms. The van der Waals surface area contributed by atoms with E-state index >= 15 is 0 Å². The molecule has 80 valence electrons. The Morgan fingerprint density at radius 1 is 1.60 bits per heavy atom. The molecule has 0 spiro atoms. The summed E-state index contributed by atoms with van der Waals surface area (Å²) in [7, 11) is 0. The average molecular weight is 206 g/mol. The van der Waals surface area contributed by atoms with Crippen LogP contribution in [0, 0.1) is 0 Å². The summed E-state index contributed by atoms with van der Waals surface area (Å²) in [6.07, 6.45) is 7.85. The van der Waals surface area contributed by atoms with Crippen LogP contribution in [-0.2, 0) is 9.53 Å². The van der Waals surface area contributed by atoms with Crippen molar-refractivity contribution in [1.82, 2.24) is 10.2 Å². The third-order valence-electron chi connectivity index (χ3n) is 2.29. The lowest BCUT2D eigenvalue weighted by molar-refractivity contribution is -0.138. The van der Waals surface area contributed by atoms with Gasteiger partial charge in [-0.2, -0.15) is 0 Å². The average Bonchev–Trinajstić information content (AvgIpc) is 2.60. The molecule has 0 aliphatic carbocycles. The Morgan fingerprint density at radius 2 is 2.40 bits per heavy atom. The highest BCUT2D eigenvalue weighted by molar-refractivity contribution is 5.88. The van der Waals surface area contributed by atoms with Crippen LogP contribution in [0.1, 0.15) is 13.8 Å². The van der Waals surface area contributed by atoms with Crippen molar-refractivity contribution in [3.63, 3.8) is 0 Å². The van der Waals surface area contributed by atoms with Crippen molar-refractivity contribution in [2.24, 2.45) is 0 Å². The van der Waals surface area contributed by atoms with Crippen LogP contribution in [0.3, 0.4) is 0 Å². The van der Waals surface area contributed by atoms with Gasteiger partial charge in [-0.1, -0.05) is 6.08 Å². The second-order valence-corrected chi connectivity index (χ2v) is 3.53. The molecule has 2 heterocycles. The lowest BCUT2D eigenvalue weighted by Gasteiger charge is -2.22. The maximum absolute atomic E-state index is 11.4. The maximum Gasteiger partial charge on any atom is 0.355 e. The van der Waals surface area contributed by atoms with E-state index < -0.39 is 0 Å². The van der Waals surface area contributed by atoms with Crippen molar-refractivity contribution >= 4 is 5.97 Å². The van der Waals surface area contributed by atoms with Gasteiger partial charge in [-0.15, -0.1) is 0 Å². The van der Waals surface area contributed by atoms with Crippen molar-refractivity contribution in [3.05, 3.63) is 35.8 Å². The summed E-state index contributed by atoms with van der Waals surface area (Å²) in [5.41, 5.74) is 1.67. The molecule has 0 aromatic carbocycles. The number of hydrogen-bond donors (Lipinski definition) is 1. The molecule has 1 N–H and O–H groups in total. The Labute approximate surface area is 88.9 Å². The minimum absolute atomic E-state index is 0.0492. The van der Waals surface area contributed by atoms with Gasteiger partial charge in [-0.3, -0.25) is 0 Å². The Morgan fingerprint density at radius 3 is 3.13 bits per heavy atom. The van der Waals surface area contributed by atoms with Gasteiger partial charge < -0.3 is 15.0 Å². The fourth-order valence-electron chi connectivity index (χ4n) is 1.61. The summed E-state index contributed by atoms with van der Waals surface area (Å²) >= 11 is 0. The molecule has 2 aliphatic heterocycles. The second kappa shape index (κ2) is 3.81. The van der Waals surface area contributed by atoms with E-state index in [-0.39, 0.29) is 12.1 Å². The van der Waals surface area contributed by atoms with Crippen LogP contribution in [0.25, 0.3) is 0 Å². The number of hydrogen-bond acceptors (Lipinski definition) is 4.